The number of hydrogen-bond acceptors (Lipinski definition) is 2. The molecule has 0 bridgehead atoms. The first-order chi connectivity index (χ1) is 8.88. The van der Waals surface area contributed by atoms with Crippen LogP contribution in [0.3, 0.4) is 0 Å². The number of anilines is 1. The zero-order chi connectivity index (χ0) is 12.6. The van der Waals surface area contributed by atoms with E-state index in [9.17, 15) is 0 Å². The van der Waals surface area contributed by atoms with E-state index in [2.05, 4.69) is 41.4 Å². The number of rotatable bonds is 7. The fourth-order valence-corrected chi connectivity index (χ4v) is 2.59. The standard InChI is InChI=1S/C16H26N2/c1-2-3-4-10-17-16-9-7-8-15(13-16)14-18-11-5-6-12-18/h7-9,13,17H,2-6,10-12,14H2,1H3. The molecule has 0 saturated carbocycles. The van der Waals surface area contributed by atoms with E-state index >= 15 is 0 Å². The molecule has 1 aliphatic rings. The van der Waals surface area contributed by atoms with Crippen molar-refractivity contribution < 1.29 is 0 Å². The largest absolute Gasteiger partial charge is 0.385 e. The number of nitrogens with one attached hydrogen (secondary N) is 1. The molecule has 0 atom stereocenters. The van der Waals surface area contributed by atoms with Gasteiger partial charge in [0.25, 0.3) is 0 Å². The molecule has 0 aliphatic carbocycles. The quantitative estimate of drug-likeness (QED) is 0.734. The Kier molecular flexibility index (Phi) is 5.53. The monoisotopic (exact) mass is 246 g/mol. The highest BCUT2D eigenvalue weighted by atomic mass is 15.1. The molecule has 0 spiro atoms. The Morgan fingerprint density at radius 2 is 2.00 bits per heavy atom. The summed E-state index contributed by atoms with van der Waals surface area (Å²) in [5, 5.41) is 3.53. The molecule has 0 amide bonds. The molecule has 0 unspecified atom stereocenters. The summed E-state index contributed by atoms with van der Waals surface area (Å²) >= 11 is 0. The van der Waals surface area contributed by atoms with E-state index in [4.69, 9.17) is 0 Å². The van der Waals surface area contributed by atoms with Gasteiger partial charge in [-0.2, -0.15) is 0 Å². The lowest BCUT2D eigenvalue weighted by atomic mass is 10.2. The van der Waals surface area contributed by atoms with E-state index in [-0.39, 0.29) is 0 Å². The van der Waals surface area contributed by atoms with Crippen molar-refractivity contribution >= 4 is 5.69 Å². The molecule has 1 aliphatic heterocycles. The van der Waals surface area contributed by atoms with E-state index < -0.39 is 0 Å². The van der Waals surface area contributed by atoms with Crippen LogP contribution in [0, 0.1) is 0 Å². The molecule has 1 fully saturated rings. The highest BCUT2D eigenvalue weighted by molar-refractivity contribution is 5.45. The average molecular weight is 246 g/mol. The minimum absolute atomic E-state index is 1.10. The van der Waals surface area contributed by atoms with E-state index in [0.717, 1.165) is 13.1 Å². The van der Waals surface area contributed by atoms with Gasteiger partial charge in [0.2, 0.25) is 0 Å². The molecule has 1 aromatic rings. The Hall–Kier alpha value is -1.02. The Morgan fingerprint density at radius 3 is 2.78 bits per heavy atom. The summed E-state index contributed by atoms with van der Waals surface area (Å²) in [6.07, 6.45) is 6.62. The first kappa shape index (κ1) is 13.4. The number of unbranched alkanes of at least 4 members (excludes halogenated alkanes) is 2. The molecule has 1 saturated heterocycles. The zero-order valence-electron chi connectivity index (χ0n) is 11.6. The predicted molar refractivity (Wildman–Crippen MR) is 79.0 cm³/mol. The van der Waals surface area contributed by atoms with Crippen LogP contribution in [0.1, 0.15) is 44.6 Å². The smallest absolute Gasteiger partial charge is 0.0343 e. The van der Waals surface area contributed by atoms with Crippen molar-refractivity contribution in [2.24, 2.45) is 0 Å². The minimum atomic E-state index is 1.10. The number of nitrogens with zero attached hydrogens (tertiary/aromatic N) is 1. The molecule has 1 N–H and O–H groups in total. The minimum Gasteiger partial charge on any atom is -0.385 e. The van der Waals surface area contributed by atoms with E-state index in [0.29, 0.717) is 0 Å². The van der Waals surface area contributed by atoms with Crippen molar-refractivity contribution in [2.75, 3.05) is 25.0 Å². The molecule has 1 heterocycles. The van der Waals surface area contributed by atoms with Crippen LogP contribution in [0.5, 0.6) is 0 Å². The summed E-state index contributed by atoms with van der Waals surface area (Å²) in [4.78, 5) is 2.55. The van der Waals surface area contributed by atoms with E-state index in [1.54, 1.807) is 0 Å². The number of hydrogen-bond donors (Lipinski definition) is 1. The molecule has 0 radical (unpaired) electrons. The van der Waals surface area contributed by atoms with Crippen LogP contribution in [-0.2, 0) is 6.54 Å². The van der Waals surface area contributed by atoms with Gasteiger partial charge in [0.05, 0.1) is 0 Å². The Balaban J connectivity index is 1.80. The zero-order valence-corrected chi connectivity index (χ0v) is 11.6. The summed E-state index contributed by atoms with van der Waals surface area (Å²) in [6, 6.07) is 8.91. The van der Waals surface area contributed by atoms with Gasteiger partial charge in [0.1, 0.15) is 0 Å². The van der Waals surface area contributed by atoms with E-state index in [1.807, 2.05) is 0 Å². The van der Waals surface area contributed by atoms with Gasteiger partial charge in [-0.25, -0.2) is 0 Å². The van der Waals surface area contributed by atoms with E-state index in [1.165, 1.54) is 56.4 Å². The molecule has 0 aromatic heterocycles. The lowest BCUT2D eigenvalue weighted by molar-refractivity contribution is 0.331. The third-order valence-corrected chi connectivity index (χ3v) is 3.64. The first-order valence-electron chi connectivity index (χ1n) is 7.43. The van der Waals surface area contributed by atoms with Crippen molar-refractivity contribution in [2.45, 2.75) is 45.6 Å². The second-order valence-corrected chi connectivity index (χ2v) is 5.32. The third kappa shape index (κ3) is 4.34. The summed E-state index contributed by atoms with van der Waals surface area (Å²) in [5.74, 6) is 0. The second-order valence-electron chi connectivity index (χ2n) is 5.32. The van der Waals surface area contributed by atoms with Gasteiger partial charge in [-0.05, 0) is 50.0 Å². The van der Waals surface area contributed by atoms with Crippen LogP contribution in [0.4, 0.5) is 5.69 Å². The molecule has 2 heteroatoms. The van der Waals surface area contributed by atoms with Crippen LogP contribution >= 0.6 is 0 Å². The summed E-state index contributed by atoms with van der Waals surface area (Å²) < 4.78 is 0. The first-order valence-corrected chi connectivity index (χ1v) is 7.43. The van der Waals surface area contributed by atoms with Gasteiger partial charge in [-0.1, -0.05) is 31.9 Å². The van der Waals surface area contributed by atoms with Crippen LogP contribution < -0.4 is 5.32 Å². The SMILES string of the molecule is CCCCCNc1cccc(CN2CCCC2)c1. The Morgan fingerprint density at radius 1 is 1.17 bits per heavy atom. The highest BCUT2D eigenvalue weighted by Gasteiger charge is 2.11. The Bertz CT molecular complexity index is 343. The lowest BCUT2D eigenvalue weighted by Crippen LogP contribution is -2.18. The number of benzene rings is 1. The van der Waals surface area contributed by atoms with Crippen LogP contribution in [-0.4, -0.2) is 24.5 Å². The molecular formula is C16H26N2. The average Bonchev–Trinajstić information content (AvgIpc) is 2.88. The van der Waals surface area contributed by atoms with Crippen molar-refractivity contribution in [1.82, 2.24) is 4.90 Å². The van der Waals surface area contributed by atoms with Gasteiger partial charge >= 0.3 is 0 Å². The summed E-state index contributed by atoms with van der Waals surface area (Å²) in [5.41, 5.74) is 2.72. The molecule has 100 valence electrons. The summed E-state index contributed by atoms with van der Waals surface area (Å²) in [6.45, 7) is 7.00. The molecule has 1 aromatic carbocycles. The van der Waals surface area contributed by atoms with Gasteiger partial charge < -0.3 is 5.32 Å². The maximum absolute atomic E-state index is 3.53. The maximum Gasteiger partial charge on any atom is 0.0343 e. The topological polar surface area (TPSA) is 15.3 Å². The van der Waals surface area contributed by atoms with Crippen LogP contribution in [0.2, 0.25) is 0 Å². The molecular weight excluding hydrogens is 220 g/mol. The van der Waals surface area contributed by atoms with Crippen LogP contribution in [0.15, 0.2) is 24.3 Å². The third-order valence-electron chi connectivity index (χ3n) is 3.64. The van der Waals surface area contributed by atoms with Crippen molar-refractivity contribution in [1.29, 1.82) is 0 Å². The normalized spacial score (nSPS) is 16.1. The molecule has 2 rings (SSSR count). The highest BCUT2D eigenvalue weighted by Crippen LogP contribution is 2.16. The second kappa shape index (κ2) is 7.42. The molecule has 18 heavy (non-hydrogen) atoms. The number of likely N-dealkylation sites (tertiary alicyclic amines) is 1. The molecule has 2 nitrogen and oxygen atoms in total. The lowest BCUT2D eigenvalue weighted by Gasteiger charge is -2.15. The summed E-state index contributed by atoms with van der Waals surface area (Å²) in [7, 11) is 0. The van der Waals surface area contributed by atoms with Crippen LogP contribution in [0.25, 0.3) is 0 Å². The predicted octanol–water partition coefficient (Wildman–Crippen LogP) is 3.88. The fraction of sp³-hybridized carbons (Fsp3) is 0.625. The van der Waals surface area contributed by atoms with Gasteiger partial charge in [0, 0.05) is 18.8 Å². The fourth-order valence-electron chi connectivity index (χ4n) is 2.59. The maximum atomic E-state index is 3.53. The van der Waals surface area contributed by atoms with Crippen molar-refractivity contribution in [3.8, 4) is 0 Å². The van der Waals surface area contributed by atoms with Crippen molar-refractivity contribution in [3.05, 3.63) is 29.8 Å². The van der Waals surface area contributed by atoms with Gasteiger partial charge in [0.15, 0.2) is 0 Å². The van der Waals surface area contributed by atoms with Gasteiger partial charge in [-0.3, -0.25) is 4.90 Å². The van der Waals surface area contributed by atoms with Crippen molar-refractivity contribution in [3.63, 3.8) is 0 Å². The Labute approximate surface area is 111 Å². The van der Waals surface area contributed by atoms with Gasteiger partial charge in [-0.15, -0.1) is 0 Å².